The zero-order chi connectivity index (χ0) is 15.3. The zero-order valence-electron chi connectivity index (χ0n) is 12.0. The maximum Gasteiger partial charge on any atom is 0.241 e. The van der Waals surface area contributed by atoms with Gasteiger partial charge in [0.1, 0.15) is 5.75 Å². The molecule has 1 N–H and O–H groups in total. The van der Waals surface area contributed by atoms with Crippen molar-refractivity contribution in [2.75, 3.05) is 13.2 Å². The molecule has 0 aromatic heterocycles. The third kappa shape index (κ3) is 3.43. The fraction of sp³-hybridized carbons (Fsp3) is 0.250. The average molecular weight is 305 g/mol. The number of hydrogen-bond acceptors (Lipinski definition) is 3. The topological polar surface area (TPSA) is 55.4 Å². The van der Waals surface area contributed by atoms with Gasteiger partial charge in [0.05, 0.1) is 11.5 Å². The summed E-state index contributed by atoms with van der Waals surface area (Å²) < 4.78 is 32.8. The van der Waals surface area contributed by atoms with Crippen LogP contribution in [-0.4, -0.2) is 21.6 Å². The van der Waals surface area contributed by atoms with Gasteiger partial charge in [0, 0.05) is 17.3 Å². The molecule has 0 aliphatic heterocycles. The summed E-state index contributed by atoms with van der Waals surface area (Å²) in [7, 11) is -3.56. The van der Waals surface area contributed by atoms with Crippen LogP contribution < -0.4 is 9.46 Å². The molecule has 0 fully saturated rings. The Morgan fingerprint density at radius 2 is 1.90 bits per heavy atom. The lowest BCUT2D eigenvalue weighted by molar-refractivity contribution is 0.321. The highest BCUT2D eigenvalue weighted by Gasteiger charge is 2.18. The van der Waals surface area contributed by atoms with Crippen molar-refractivity contribution in [1.29, 1.82) is 0 Å². The molecule has 112 valence electrons. The minimum absolute atomic E-state index is 0.199. The van der Waals surface area contributed by atoms with E-state index >= 15 is 0 Å². The maximum atomic E-state index is 12.3. The summed E-state index contributed by atoms with van der Waals surface area (Å²) >= 11 is 0. The molecule has 2 rings (SSSR count). The normalized spacial score (nSPS) is 11.5. The van der Waals surface area contributed by atoms with Crippen molar-refractivity contribution >= 4 is 20.8 Å². The van der Waals surface area contributed by atoms with Gasteiger partial charge in [0.15, 0.2) is 0 Å². The smallest absolute Gasteiger partial charge is 0.241 e. The Morgan fingerprint density at radius 1 is 1.19 bits per heavy atom. The van der Waals surface area contributed by atoms with Crippen molar-refractivity contribution in [3.63, 3.8) is 0 Å². The highest BCUT2D eigenvalue weighted by atomic mass is 32.2. The SMILES string of the molecule is C=CCNS(=O)(=O)c1ccc(OCCC)c2ccccc12. The van der Waals surface area contributed by atoms with Crippen LogP contribution in [0, 0.1) is 0 Å². The van der Waals surface area contributed by atoms with Gasteiger partial charge >= 0.3 is 0 Å². The van der Waals surface area contributed by atoms with Crippen LogP contribution in [-0.2, 0) is 10.0 Å². The zero-order valence-corrected chi connectivity index (χ0v) is 12.8. The van der Waals surface area contributed by atoms with Crippen LogP contribution in [0.15, 0.2) is 53.9 Å². The van der Waals surface area contributed by atoms with E-state index < -0.39 is 10.0 Å². The summed E-state index contributed by atoms with van der Waals surface area (Å²) in [5, 5.41) is 1.45. The molecule has 21 heavy (non-hydrogen) atoms. The Kier molecular flexibility index (Phi) is 4.98. The number of benzene rings is 2. The van der Waals surface area contributed by atoms with Gasteiger partial charge in [-0.2, -0.15) is 0 Å². The van der Waals surface area contributed by atoms with E-state index in [4.69, 9.17) is 4.74 Å². The van der Waals surface area contributed by atoms with Crippen LogP contribution >= 0.6 is 0 Å². The quantitative estimate of drug-likeness (QED) is 0.800. The van der Waals surface area contributed by atoms with E-state index in [1.165, 1.54) is 6.08 Å². The second-order valence-corrected chi connectivity index (χ2v) is 6.33. The molecule has 0 spiro atoms. The minimum Gasteiger partial charge on any atom is -0.493 e. The molecule has 0 bridgehead atoms. The molecule has 4 nitrogen and oxygen atoms in total. The Bertz CT molecular complexity index is 738. The van der Waals surface area contributed by atoms with Crippen LogP contribution in [0.5, 0.6) is 5.75 Å². The van der Waals surface area contributed by atoms with Crippen LogP contribution in [0.1, 0.15) is 13.3 Å². The summed E-state index contributed by atoms with van der Waals surface area (Å²) in [5.41, 5.74) is 0. The molecule has 0 atom stereocenters. The molecule has 0 amide bonds. The lowest BCUT2D eigenvalue weighted by Crippen LogP contribution is -2.23. The summed E-state index contributed by atoms with van der Waals surface area (Å²) in [5.74, 6) is 0.704. The minimum atomic E-state index is -3.56. The molecule has 0 aliphatic carbocycles. The van der Waals surface area contributed by atoms with E-state index in [1.807, 2.05) is 25.1 Å². The average Bonchev–Trinajstić information content (AvgIpc) is 2.50. The Balaban J connectivity index is 2.54. The third-order valence-electron chi connectivity index (χ3n) is 3.01. The second-order valence-electron chi connectivity index (χ2n) is 4.60. The summed E-state index contributed by atoms with van der Waals surface area (Å²) in [4.78, 5) is 0.254. The van der Waals surface area contributed by atoms with Gasteiger partial charge < -0.3 is 4.74 Å². The Hall–Kier alpha value is -1.85. The van der Waals surface area contributed by atoms with Crippen molar-refractivity contribution in [3.8, 4) is 5.75 Å². The monoisotopic (exact) mass is 305 g/mol. The summed E-state index contributed by atoms with van der Waals surface area (Å²) in [6.45, 7) is 6.35. The summed E-state index contributed by atoms with van der Waals surface area (Å²) in [6, 6.07) is 10.6. The van der Waals surface area contributed by atoms with Gasteiger partial charge in [0.25, 0.3) is 0 Å². The van der Waals surface area contributed by atoms with Crippen molar-refractivity contribution in [2.24, 2.45) is 0 Å². The van der Waals surface area contributed by atoms with E-state index in [0.29, 0.717) is 17.7 Å². The van der Waals surface area contributed by atoms with Crippen molar-refractivity contribution in [3.05, 3.63) is 49.1 Å². The fourth-order valence-electron chi connectivity index (χ4n) is 2.06. The molecule has 0 heterocycles. The van der Waals surface area contributed by atoms with E-state index in [-0.39, 0.29) is 11.4 Å². The van der Waals surface area contributed by atoms with Crippen LogP contribution in [0.25, 0.3) is 10.8 Å². The lowest BCUT2D eigenvalue weighted by Gasteiger charge is -2.12. The molecule has 0 aliphatic rings. The molecule has 0 saturated carbocycles. The number of sulfonamides is 1. The van der Waals surface area contributed by atoms with Gasteiger partial charge in [0.2, 0.25) is 10.0 Å². The number of rotatable bonds is 7. The lowest BCUT2D eigenvalue weighted by atomic mass is 10.1. The fourth-order valence-corrected chi connectivity index (χ4v) is 3.27. The van der Waals surface area contributed by atoms with Crippen molar-refractivity contribution in [1.82, 2.24) is 4.72 Å². The number of nitrogens with one attached hydrogen (secondary N) is 1. The van der Waals surface area contributed by atoms with E-state index in [0.717, 1.165) is 11.8 Å². The van der Waals surface area contributed by atoms with Gasteiger partial charge in [-0.3, -0.25) is 0 Å². The molecular formula is C16H19NO3S. The van der Waals surface area contributed by atoms with Gasteiger partial charge in [-0.15, -0.1) is 6.58 Å². The van der Waals surface area contributed by atoms with E-state index in [2.05, 4.69) is 11.3 Å². The number of hydrogen-bond donors (Lipinski definition) is 1. The first-order valence-corrected chi connectivity index (χ1v) is 8.33. The molecule has 2 aromatic rings. The van der Waals surface area contributed by atoms with Crippen LogP contribution in [0.4, 0.5) is 0 Å². The number of ether oxygens (including phenoxy) is 1. The van der Waals surface area contributed by atoms with Gasteiger partial charge in [-0.1, -0.05) is 37.3 Å². The standard InChI is InChI=1S/C16H19NO3S/c1-3-11-17-21(18,19)16-10-9-15(20-12-4-2)13-7-5-6-8-14(13)16/h3,5-10,17H,1,4,11-12H2,2H3. The molecule has 0 unspecified atom stereocenters. The Labute approximate surface area is 125 Å². The van der Waals surface area contributed by atoms with Crippen LogP contribution in [0.2, 0.25) is 0 Å². The van der Waals surface area contributed by atoms with Crippen LogP contribution in [0.3, 0.4) is 0 Å². The summed E-state index contributed by atoms with van der Waals surface area (Å²) in [6.07, 6.45) is 2.41. The molecule has 2 aromatic carbocycles. The first-order valence-electron chi connectivity index (χ1n) is 6.85. The van der Waals surface area contributed by atoms with Crippen molar-refractivity contribution < 1.29 is 13.2 Å². The predicted octanol–water partition coefficient (Wildman–Crippen LogP) is 3.09. The van der Waals surface area contributed by atoms with E-state index in [1.54, 1.807) is 18.2 Å². The Morgan fingerprint density at radius 3 is 2.57 bits per heavy atom. The first-order chi connectivity index (χ1) is 10.1. The number of fused-ring (bicyclic) bond motifs is 1. The molecule has 5 heteroatoms. The van der Waals surface area contributed by atoms with E-state index in [9.17, 15) is 8.42 Å². The second kappa shape index (κ2) is 6.74. The first kappa shape index (κ1) is 15.5. The molecular weight excluding hydrogens is 286 g/mol. The third-order valence-corrected chi connectivity index (χ3v) is 4.49. The highest BCUT2D eigenvalue weighted by molar-refractivity contribution is 7.89. The highest BCUT2D eigenvalue weighted by Crippen LogP contribution is 2.31. The molecule has 0 radical (unpaired) electrons. The maximum absolute atomic E-state index is 12.3. The van der Waals surface area contributed by atoms with Gasteiger partial charge in [-0.25, -0.2) is 13.1 Å². The molecule has 0 saturated heterocycles. The van der Waals surface area contributed by atoms with Gasteiger partial charge in [-0.05, 0) is 18.6 Å². The van der Waals surface area contributed by atoms with Crippen molar-refractivity contribution in [2.45, 2.75) is 18.2 Å². The predicted molar refractivity (Wildman–Crippen MR) is 85.1 cm³/mol. The largest absolute Gasteiger partial charge is 0.493 e.